The molecule has 3 heteroatoms. The summed E-state index contributed by atoms with van der Waals surface area (Å²) in [5.74, 6) is 0.147. The number of benzene rings is 1. The number of hydrogen-bond acceptors (Lipinski definition) is 1. The average molecular weight is 180 g/mol. The smallest absolute Gasteiger partial charge is 0.148 e. The first kappa shape index (κ1) is 9.71. The third kappa shape index (κ3) is 2.86. The lowest BCUT2D eigenvalue weighted by Crippen LogP contribution is -2.10. The number of nitrogens with two attached hydrogens (primary N) is 1. The summed E-state index contributed by atoms with van der Waals surface area (Å²) in [5, 5.41) is 0. The monoisotopic (exact) mass is 180 g/mol. The van der Waals surface area contributed by atoms with Gasteiger partial charge in [0.05, 0.1) is 5.84 Å². The van der Waals surface area contributed by atoms with Crippen molar-refractivity contribution in [1.82, 2.24) is 0 Å². The lowest BCUT2D eigenvalue weighted by molar-refractivity contribution is 0.630. The van der Waals surface area contributed by atoms with Gasteiger partial charge >= 0.3 is 0 Å². The van der Waals surface area contributed by atoms with E-state index in [2.05, 4.69) is 4.99 Å². The number of aliphatic imine (C=N–C) groups is 1. The summed E-state index contributed by atoms with van der Waals surface area (Å²) in [6.45, 7) is 2.00. The van der Waals surface area contributed by atoms with E-state index in [0.29, 0.717) is 17.9 Å². The summed E-state index contributed by atoms with van der Waals surface area (Å²) in [6.07, 6.45) is 1.62. The summed E-state index contributed by atoms with van der Waals surface area (Å²) in [5.41, 5.74) is 5.88. The summed E-state index contributed by atoms with van der Waals surface area (Å²) in [7, 11) is 0. The van der Waals surface area contributed by atoms with Crippen molar-refractivity contribution < 1.29 is 4.39 Å². The van der Waals surface area contributed by atoms with Crippen LogP contribution in [0.15, 0.2) is 29.3 Å². The van der Waals surface area contributed by atoms with Crippen LogP contribution in [0.4, 0.5) is 10.1 Å². The molecule has 2 nitrogen and oxygen atoms in total. The molecular formula is C10H13FN2. The Morgan fingerprint density at radius 1 is 1.46 bits per heavy atom. The molecule has 0 aliphatic carbocycles. The average Bonchev–Trinajstić information content (AvgIpc) is 2.09. The van der Waals surface area contributed by atoms with Gasteiger partial charge < -0.3 is 5.73 Å². The van der Waals surface area contributed by atoms with Gasteiger partial charge in [-0.05, 0) is 18.6 Å². The highest BCUT2D eigenvalue weighted by Crippen LogP contribution is 2.16. The Morgan fingerprint density at radius 3 is 2.77 bits per heavy atom. The van der Waals surface area contributed by atoms with Gasteiger partial charge in [-0.1, -0.05) is 19.1 Å². The number of nitrogens with zero attached hydrogens (tertiary/aromatic N) is 1. The van der Waals surface area contributed by atoms with Crippen molar-refractivity contribution >= 4 is 11.5 Å². The fraction of sp³-hybridized carbons (Fsp3) is 0.300. The predicted octanol–water partition coefficient (Wildman–Crippen LogP) is 2.61. The minimum Gasteiger partial charge on any atom is -0.387 e. The van der Waals surface area contributed by atoms with Crippen molar-refractivity contribution in [3.05, 3.63) is 30.1 Å². The third-order valence-electron chi connectivity index (χ3n) is 1.62. The van der Waals surface area contributed by atoms with Crippen molar-refractivity contribution in [3.8, 4) is 0 Å². The molecule has 0 atom stereocenters. The van der Waals surface area contributed by atoms with Crippen molar-refractivity contribution in [2.75, 3.05) is 0 Å². The van der Waals surface area contributed by atoms with Gasteiger partial charge in [-0.2, -0.15) is 0 Å². The lowest BCUT2D eigenvalue weighted by atomic mass is 10.3. The highest BCUT2D eigenvalue weighted by Gasteiger charge is 1.98. The van der Waals surface area contributed by atoms with E-state index in [1.165, 1.54) is 6.07 Å². The zero-order chi connectivity index (χ0) is 9.68. The molecule has 0 spiro atoms. The molecule has 1 aromatic rings. The highest BCUT2D eigenvalue weighted by atomic mass is 19.1. The number of halogens is 1. The number of rotatable bonds is 3. The zero-order valence-corrected chi connectivity index (χ0v) is 7.63. The fourth-order valence-electron chi connectivity index (χ4n) is 1.01. The number of para-hydroxylation sites is 1. The Balaban J connectivity index is 2.84. The zero-order valence-electron chi connectivity index (χ0n) is 7.63. The van der Waals surface area contributed by atoms with E-state index in [4.69, 9.17) is 5.73 Å². The molecule has 0 aliphatic heterocycles. The highest BCUT2D eigenvalue weighted by molar-refractivity contribution is 5.83. The van der Waals surface area contributed by atoms with Crippen LogP contribution in [-0.4, -0.2) is 5.84 Å². The molecule has 0 aliphatic rings. The van der Waals surface area contributed by atoms with Crippen LogP contribution in [0, 0.1) is 5.82 Å². The molecule has 1 aromatic carbocycles. The first-order valence-corrected chi connectivity index (χ1v) is 4.31. The normalized spacial score (nSPS) is 11.7. The first-order chi connectivity index (χ1) is 6.24. The van der Waals surface area contributed by atoms with Gasteiger partial charge in [-0.15, -0.1) is 0 Å². The van der Waals surface area contributed by atoms with Crippen LogP contribution >= 0.6 is 0 Å². The third-order valence-corrected chi connectivity index (χ3v) is 1.62. The second-order valence-corrected chi connectivity index (χ2v) is 2.80. The standard InChI is InChI=1S/C10H13FN2/c1-2-5-10(12)13-9-7-4-3-6-8(9)11/h3-4,6-7H,2,5H2,1H3,(H2,12,13). The second kappa shape index (κ2) is 4.60. The molecule has 0 saturated heterocycles. The first-order valence-electron chi connectivity index (χ1n) is 4.31. The molecule has 0 amide bonds. The molecule has 0 radical (unpaired) electrons. The van der Waals surface area contributed by atoms with Gasteiger partial charge in [0.25, 0.3) is 0 Å². The molecule has 0 aromatic heterocycles. The van der Waals surface area contributed by atoms with Crippen LogP contribution in [0.3, 0.4) is 0 Å². The van der Waals surface area contributed by atoms with E-state index in [9.17, 15) is 4.39 Å². The van der Waals surface area contributed by atoms with Crippen molar-refractivity contribution in [2.24, 2.45) is 10.7 Å². The molecule has 70 valence electrons. The Kier molecular flexibility index (Phi) is 3.43. The van der Waals surface area contributed by atoms with Crippen molar-refractivity contribution in [3.63, 3.8) is 0 Å². The maximum Gasteiger partial charge on any atom is 0.148 e. The van der Waals surface area contributed by atoms with Crippen LogP contribution in [0.5, 0.6) is 0 Å². The number of hydrogen-bond donors (Lipinski definition) is 1. The predicted molar refractivity (Wildman–Crippen MR) is 52.6 cm³/mol. The quantitative estimate of drug-likeness (QED) is 0.563. The summed E-state index contributed by atoms with van der Waals surface area (Å²) < 4.78 is 13.0. The number of amidine groups is 1. The minimum absolute atomic E-state index is 0.313. The molecular weight excluding hydrogens is 167 g/mol. The Bertz CT molecular complexity index is 308. The van der Waals surface area contributed by atoms with Crippen LogP contribution in [0.2, 0.25) is 0 Å². The molecule has 0 fully saturated rings. The minimum atomic E-state index is -0.332. The van der Waals surface area contributed by atoms with E-state index in [1.807, 2.05) is 6.92 Å². The van der Waals surface area contributed by atoms with Crippen LogP contribution in [-0.2, 0) is 0 Å². The van der Waals surface area contributed by atoms with Crippen LogP contribution in [0.1, 0.15) is 19.8 Å². The van der Waals surface area contributed by atoms with Crippen LogP contribution in [0.25, 0.3) is 0 Å². The maximum absolute atomic E-state index is 13.0. The molecule has 0 heterocycles. The molecule has 0 saturated carbocycles. The van der Waals surface area contributed by atoms with Gasteiger partial charge in [0.15, 0.2) is 0 Å². The van der Waals surface area contributed by atoms with Gasteiger partial charge in [0, 0.05) is 6.42 Å². The van der Waals surface area contributed by atoms with Gasteiger partial charge in [-0.3, -0.25) is 0 Å². The molecule has 13 heavy (non-hydrogen) atoms. The van der Waals surface area contributed by atoms with E-state index < -0.39 is 0 Å². The van der Waals surface area contributed by atoms with E-state index >= 15 is 0 Å². The summed E-state index contributed by atoms with van der Waals surface area (Å²) in [6, 6.07) is 6.35. The van der Waals surface area contributed by atoms with Gasteiger partial charge in [0.1, 0.15) is 11.5 Å². The maximum atomic E-state index is 13.0. The lowest BCUT2D eigenvalue weighted by Gasteiger charge is -1.98. The van der Waals surface area contributed by atoms with Gasteiger partial charge in [0.2, 0.25) is 0 Å². The molecule has 2 N–H and O–H groups in total. The largest absolute Gasteiger partial charge is 0.387 e. The molecule has 1 rings (SSSR count). The van der Waals surface area contributed by atoms with Crippen molar-refractivity contribution in [2.45, 2.75) is 19.8 Å². The SMILES string of the molecule is CCCC(N)=Nc1ccccc1F. The topological polar surface area (TPSA) is 38.4 Å². The summed E-state index contributed by atoms with van der Waals surface area (Å²) in [4.78, 5) is 3.97. The molecule has 0 unspecified atom stereocenters. The van der Waals surface area contributed by atoms with Crippen LogP contribution < -0.4 is 5.73 Å². The summed E-state index contributed by atoms with van der Waals surface area (Å²) >= 11 is 0. The Hall–Kier alpha value is -1.38. The van der Waals surface area contributed by atoms with E-state index in [0.717, 1.165) is 6.42 Å². The van der Waals surface area contributed by atoms with Gasteiger partial charge in [-0.25, -0.2) is 9.38 Å². The van der Waals surface area contributed by atoms with Crippen molar-refractivity contribution in [1.29, 1.82) is 0 Å². The van der Waals surface area contributed by atoms with E-state index in [1.54, 1.807) is 18.2 Å². The Morgan fingerprint density at radius 2 is 2.15 bits per heavy atom. The Labute approximate surface area is 77.3 Å². The van der Waals surface area contributed by atoms with E-state index in [-0.39, 0.29) is 5.82 Å². The fourth-order valence-corrected chi connectivity index (χ4v) is 1.01. The second-order valence-electron chi connectivity index (χ2n) is 2.80. The molecule has 0 bridgehead atoms.